The zero-order valence-electron chi connectivity index (χ0n) is 9.83. The summed E-state index contributed by atoms with van der Waals surface area (Å²) in [6, 6.07) is 13.2. The number of para-hydroxylation sites is 1. The van der Waals surface area contributed by atoms with Crippen LogP contribution in [0, 0.1) is 0 Å². The lowest BCUT2D eigenvalue weighted by atomic mass is 9.87. The zero-order chi connectivity index (χ0) is 13.3. The minimum atomic E-state index is -2.06. The first-order valence-electron chi connectivity index (χ1n) is 5.96. The van der Waals surface area contributed by atoms with Crippen LogP contribution in [0.25, 0.3) is 0 Å². The molecule has 2 aromatic rings. The third-order valence-electron chi connectivity index (χ3n) is 3.89. The van der Waals surface area contributed by atoms with E-state index in [4.69, 9.17) is 4.74 Å². The summed E-state index contributed by atoms with van der Waals surface area (Å²) in [4.78, 5) is 12.5. The molecule has 1 aliphatic heterocycles. The molecule has 19 heavy (non-hydrogen) atoms. The molecule has 2 unspecified atom stereocenters. The smallest absolute Gasteiger partial charge is 0.276 e. The Morgan fingerprint density at radius 1 is 0.895 bits per heavy atom. The van der Waals surface area contributed by atoms with Crippen molar-refractivity contribution in [2.75, 3.05) is 0 Å². The van der Waals surface area contributed by atoms with E-state index in [2.05, 4.69) is 0 Å². The molecule has 1 heterocycles. The van der Waals surface area contributed by atoms with Crippen LogP contribution in [0.5, 0.6) is 5.75 Å². The van der Waals surface area contributed by atoms with Gasteiger partial charge in [0.05, 0.1) is 0 Å². The second-order valence-corrected chi connectivity index (χ2v) is 4.83. The summed E-state index contributed by atoms with van der Waals surface area (Å²) in [7, 11) is 0. The molecule has 0 fully saturated rings. The molecule has 0 saturated heterocycles. The molecule has 0 saturated carbocycles. The first-order chi connectivity index (χ1) is 9.09. The number of benzene rings is 2. The fourth-order valence-corrected chi connectivity index (χ4v) is 2.97. The molecular formula is C15H10O4. The van der Waals surface area contributed by atoms with Crippen molar-refractivity contribution in [2.45, 2.75) is 11.4 Å². The van der Waals surface area contributed by atoms with Gasteiger partial charge in [0.1, 0.15) is 5.75 Å². The van der Waals surface area contributed by atoms with Crippen molar-refractivity contribution in [1.82, 2.24) is 0 Å². The molecular weight excluding hydrogens is 244 g/mol. The van der Waals surface area contributed by atoms with Gasteiger partial charge in [0.25, 0.3) is 5.79 Å². The van der Waals surface area contributed by atoms with Crippen molar-refractivity contribution in [3.05, 3.63) is 65.2 Å². The number of ketones is 1. The quantitative estimate of drug-likeness (QED) is 0.743. The van der Waals surface area contributed by atoms with Gasteiger partial charge in [-0.3, -0.25) is 4.79 Å². The summed E-state index contributed by atoms with van der Waals surface area (Å²) in [6.07, 6.45) is 0. The summed E-state index contributed by atoms with van der Waals surface area (Å²) in [6.45, 7) is 0. The highest BCUT2D eigenvalue weighted by Gasteiger charge is 2.70. The number of rotatable bonds is 0. The van der Waals surface area contributed by atoms with E-state index in [0.29, 0.717) is 22.4 Å². The van der Waals surface area contributed by atoms with Crippen LogP contribution in [0.15, 0.2) is 48.5 Å². The number of carbonyl (C=O) groups is 1. The average Bonchev–Trinajstić information content (AvgIpc) is 2.77. The van der Waals surface area contributed by atoms with Crippen molar-refractivity contribution in [3.63, 3.8) is 0 Å². The highest BCUT2D eigenvalue weighted by molar-refractivity contribution is 6.09. The first-order valence-corrected chi connectivity index (χ1v) is 5.96. The number of fused-ring (bicyclic) bond motifs is 5. The Kier molecular flexibility index (Phi) is 1.72. The standard InChI is InChI=1S/C15H10O4/c16-13-9-5-1-2-6-10(9)15(18)14(13,17)11-7-3-4-8-12(11)19-15/h1-8,17-18H. The third-order valence-corrected chi connectivity index (χ3v) is 3.89. The van der Waals surface area contributed by atoms with E-state index < -0.39 is 17.2 Å². The number of Topliss-reactive ketones (excluding diaryl/α,β-unsaturated/α-hetero) is 1. The summed E-state index contributed by atoms with van der Waals surface area (Å²) in [5.41, 5.74) is -1.16. The van der Waals surface area contributed by atoms with Crippen LogP contribution in [0.3, 0.4) is 0 Å². The predicted octanol–water partition coefficient (Wildman–Crippen LogP) is 1.31. The van der Waals surface area contributed by atoms with E-state index in [1.807, 2.05) is 0 Å². The Labute approximate surface area is 108 Å². The van der Waals surface area contributed by atoms with Crippen molar-refractivity contribution in [3.8, 4) is 5.75 Å². The van der Waals surface area contributed by atoms with Crippen LogP contribution < -0.4 is 4.74 Å². The number of aliphatic hydroxyl groups is 2. The third kappa shape index (κ3) is 0.971. The fourth-order valence-electron chi connectivity index (χ4n) is 2.97. The molecule has 2 aromatic carbocycles. The maximum Gasteiger partial charge on any atom is 0.276 e. The lowest BCUT2D eigenvalue weighted by molar-refractivity contribution is -0.224. The van der Waals surface area contributed by atoms with Crippen LogP contribution in [0.1, 0.15) is 21.5 Å². The van der Waals surface area contributed by atoms with Crippen LogP contribution in [-0.2, 0) is 11.4 Å². The van der Waals surface area contributed by atoms with Gasteiger partial charge in [-0.2, -0.15) is 0 Å². The Morgan fingerprint density at radius 2 is 1.53 bits per heavy atom. The van der Waals surface area contributed by atoms with Crippen molar-refractivity contribution >= 4 is 5.78 Å². The molecule has 2 aliphatic rings. The number of ether oxygens (including phenoxy) is 1. The zero-order valence-corrected chi connectivity index (χ0v) is 9.83. The maximum absolute atomic E-state index is 12.5. The van der Waals surface area contributed by atoms with Gasteiger partial charge >= 0.3 is 0 Å². The van der Waals surface area contributed by atoms with Crippen LogP contribution >= 0.6 is 0 Å². The molecule has 0 aromatic heterocycles. The molecule has 4 nitrogen and oxygen atoms in total. The van der Waals surface area contributed by atoms with E-state index >= 15 is 0 Å². The minimum absolute atomic E-state index is 0.294. The largest absolute Gasteiger partial charge is 0.454 e. The molecule has 2 atom stereocenters. The van der Waals surface area contributed by atoms with Gasteiger partial charge in [0.15, 0.2) is 0 Å². The Balaban J connectivity index is 2.08. The first kappa shape index (κ1) is 10.7. The summed E-state index contributed by atoms with van der Waals surface area (Å²) in [5.74, 6) is -2.24. The Hall–Kier alpha value is -2.17. The molecule has 0 bridgehead atoms. The Morgan fingerprint density at radius 3 is 2.32 bits per heavy atom. The van der Waals surface area contributed by atoms with Gasteiger partial charge in [-0.1, -0.05) is 42.5 Å². The lowest BCUT2D eigenvalue weighted by Gasteiger charge is -2.28. The van der Waals surface area contributed by atoms with Gasteiger partial charge in [0.2, 0.25) is 11.4 Å². The maximum atomic E-state index is 12.5. The molecule has 2 N–H and O–H groups in total. The fraction of sp³-hybridized carbons (Fsp3) is 0.133. The summed E-state index contributed by atoms with van der Waals surface area (Å²) in [5, 5.41) is 21.5. The van der Waals surface area contributed by atoms with Crippen LogP contribution in [0.4, 0.5) is 0 Å². The van der Waals surface area contributed by atoms with Crippen LogP contribution in [0.2, 0.25) is 0 Å². The Bertz CT molecular complexity index is 724. The van der Waals surface area contributed by atoms with E-state index in [1.165, 1.54) is 0 Å². The van der Waals surface area contributed by atoms with E-state index in [1.54, 1.807) is 48.5 Å². The summed E-state index contributed by atoms with van der Waals surface area (Å²) < 4.78 is 5.50. The summed E-state index contributed by atoms with van der Waals surface area (Å²) >= 11 is 0. The average molecular weight is 254 g/mol. The molecule has 1 aliphatic carbocycles. The van der Waals surface area contributed by atoms with Crippen molar-refractivity contribution in [2.24, 2.45) is 0 Å². The highest BCUT2D eigenvalue weighted by Crippen LogP contribution is 2.57. The number of hydrogen-bond acceptors (Lipinski definition) is 4. The molecule has 0 radical (unpaired) electrons. The van der Waals surface area contributed by atoms with E-state index in [9.17, 15) is 15.0 Å². The normalized spacial score (nSPS) is 30.5. The van der Waals surface area contributed by atoms with Crippen LogP contribution in [-0.4, -0.2) is 16.0 Å². The van der Waals surface area contributed by atoms with Gasteiger partial charge in [-0.05, 0) is 6.07 Å². The van der Waals surface area contributed by atoms with Crippen molar-refractivity contribution in [1.29, 1.82) is 0 Å². The van der Waals surface area contributed by atoms with Gasteiger partial charge < -0.3 is 14.9 Å². The predicted molar refractivity (Wildman–Crippen MR) is 65.6 cm³/mol. The van der Waals surface area contributed by atoms with Gasteiger partial charge in [0, 0.05) is 16.7 Å². The molecule has 0 amide bonds. The van der Waals surface area contributed by atoms with E-state index in [0.717, 1.165) is 0 Å². The van der Waals surface area contributed by atoms with E-state index in [-0.39, 0.29) is 0 Å². The molecule has 0 spiro atoms. The number of carbonyl (C=O) groups excluding carboxylic acids is 1. The monoisotopic (exact) mass is 254 g/mol. The minimum Gasteiger partial charge on any atom is -0.454 e. The molecule has 4 rings (SSSR count). The number of hydrogen-bond donors (Lipinski definition) is 2. The second kappa shape index (κ2) is 3.04. The lowest BCUT2D eigenvalue weighted by Crippen LogP contribution is -2.48. The second-order valence-electron chi connectivity index (χ2n) is 4.83. The van der Waals surface area contributed by atoms with Crippen molar-refractivity contribution < 1.29 is 19.7 Å². The van der Waals surface area contributed by atoms with Gasteiger partial charge in [-0.15, -0.1) is 0 Å². The van der Waals surface area contributed by atoms with Gasteiger partial charge in [-0.25, -0.2) is 0 Å². The molecule has 94 valence electrons. The SMILES string of the molecule is O=C1c2ccccc2C2(O)Oc3ccccc3C12O. The highest BCUT2D eigenvalue weighted by atomic mass is 16.7. The topological polar surface area (TPSA) is 66.8 Å². The molecule has 4 heteroatoms.